The van der Waals surface area contributed by atoms with Crippen molar-refractivity contribution in [3.8, 4) is 23.0 Å². The van der Waals surface area contributed by atoms with E-state index in [4.69, 9.17) is 4.74 Å². The molecule has 4 rings (SSSR count). The second-order valence-electron chi connectivity index (χ2n) is 8.06. The minimum absolute atomic E-state index is 0.0123. The van der Waals surface area contributed by atoms with Crippen molar-refractivity contribution in [2.45, 2.75) is 33.1 Å². The fourth-order valence-electron chi connectivity index (χ4n) is 4.23. The molecule has 4 N–H and O–H groups in total. The molecule has 0 spiro atoms. The van der Waals surface area contributed by atoms with Crippen molar-refractivity contribution >= 4 is 23.0 Å². The third kappa shape index (κ3) is 2.80. The highest BCUT2D eigenvalue weighted by Gasteiger charge is 2.56. The summed E-state index contributed by atoms with van der Waals surface area (Å²) in [6.07, 6.45) is 1.15. The van der Waals surface area contributed by atoms with E-state index in [0.717, 1.165) is 6.08 Å². The van der Waals surface area contributed by atoms with Crippen LogP contribution >= 0.6 is 0 Å². The minimum atomic E-state index is -1.58. The van der Waals surface area contributed by atoms with Gasteiger partial charge >= 0.3 is 0 Å². The molecule has 0 amide bonds. The highest BCUT2D eigenvalue weighted by Crippen LogP contribution is 2.57. The molecule has 1 aliphatic heterocycles. The van der Waals surface area contributed by atoms with Gasteiger partial charge in [-0.25, -0.2) is 0 Å². The topological polar surface area (TPSA) is 133 Å². The number of nitrogens with one attached hydrogen (secondary N) is 1. The molecule has 8 heteroatoms. The van der Waals surface area contributed by atoms with Crippen LogP contribution in [0, 0.1) is 6.92 Å². The van der Waals surface area contributed by atoms with E-state index < -0.39 is 28.5 Å². The van der Waals surface area contributed by atoms with E-state index in [1.54, 1.807) is 19.1 Å². The SMILES string of the molecule is CC(=O)c1c(O)c(C)c(O)c2c1OC1=CC(=O)/C(=C(/C)Nc3cccc(O)c3)C(=O)C12C. The van der Waals surface area contributed by atoms with E-state index in [0.29, 0.717) is 5.69 Å². The van der Waals surface area contributed by atoms with Crippen LogP contribution in [0.1, 0.15) is 42.3 Å². The zero-order chi connectivity index (χ0) is 23.5. The van der Waals surface area contributed by atoms with Gasteiger partial charge < -0.3 is 25.4 Å². The second-order valence-corrected chi connectivity index (χ2v) is 8.06. The molecule has 8 nitrogen and oxygen atoms in total. The Morgan fingerprint density at radius 2 is 1.78 bits per heavy atom. The smallest absolute Gasteiger partial charge is 0.194 e. The summed E-state index contributed by atoms with van der Waals surface area (Å²) in [5, 5.41) is 33.8. The first-order valence-corrected chi connectivity index (χ1v) is 9.84. The Labute approximate surface area is 183 Å². The largest absolute Gasteiger partial charge is 0.508 e. The fourth-order valence-corrected chi connectivity index (χ4v) is 4.23. The molecule has 2 aliphatic rings. The standard InChI is InChI=1S/C24H21NO7/c1-10-20(29)18(12(3)26)22-19(21(10)30)24(4)16(32-22)9-15(28)17(23(24)31)11(2)25-13-6-5-7-14(27)8-13/h5-9,25,27,29-30H,1-4H3/b17-11+. The number of carbonyl (C=O) groups is 3. The number of ketones is 3. The van der Waals surface area contributed by atoms with Crippen molar-refractivity contribution in [1.82, 2.24) is 0 Å². The lowest BCUT2D eigenvalue weighted by Gasteiger charge is -2.29. The van der Waals surface area contributed by atoms with E-state index in [2.05, 4.69) is 5.32 Å². The Kier molecular flexibility index (Phi) is 4.62. The number of aromatic hydroxyl groups is 3. The van der Waals surface area contributed by atoms with Crippen molar-refractivity contribution in [3.05, 3.63) is 64.1 Å². The predicted octanol–water partition coefficient (Wildman–Crippen LogP) is 3.39. The summed E-state index contributed by atoms with van der Waals surface area (Å²) in [5.41, 5.74) is -1.10. The Hall–Kier alpha value is -4.07. The second kappa shape index (κ2) is 6.98. The Morgan fingerprint density at radius 1 is 1.09 bits per heavy atom. The normalized spacial score (nSPS) is 20.8. The number of ether oxygens (including phenoxy) is 1. The van der Waals surface area contributed by atoms with E-state index in [1.807, 2.05) is 0 Å². The van der Waals surface area contributed by atoms with Gasteiger partial charge in [-0.1, -0.05) is 6.07 Å². The predicted molar refractivity (Wildman–Crippen MR) is 115 cm³/mol. The number of benzene rings is 2. The number of phenols is 3. The van der Waals surface area contributed by atoms with E-state index in [-0.39, 0.29) is 51.0 Å². The molecule has 1 unspecified atom stereocenters. The number of carbonyl (C=O) groups excluding carboxylic acids is 3. The summed E-state index contributed by atoms with van der Waals surface area (Å²) in [5.74, 6) is -2.71. The van der Waals surface area contributed by atoms with Crippen LogP contribution in [0.5, 0.6) is 23.0 Å². The van der Waals surface area contributed by atoms with Gasteiger partial charge in [0.15, 0.2) is 17.3 Å². The lowest BCUT2D eigenvalue weighted by molar-refractivity contribution is -0.123. The van der Waals surface area contributed by atoms with Crippen LogP contribution in [0.3, 0.4) is 0 Å². The van der Waals surface area contributed by atoms with Gasteiger partial charge in [0.05, 0.1) is 11.1 Å². The molecule has 32 heavy (non-hydrogen) atoms. The molecular weight excluding hydrogens is 414 g/mol. The summed E-state index contributed by atoms with van der Waals surface area (Å²) in [6.45, 7) is 5.71. The summed E-state index contributed by atoms with van der Waals surface area (Å²) in [6, 6.07) is 6.20. The van der Waals surface area contributed by atoms with Crippen molar-refractivity contribution in [1.29, 1.82) is 0 Å². The van der Waals surface area contributed by atoms with Gasteiger partial charge in [0.1, 0.15) is 39.7 Å². The Bertz CT molecular complexity index is 1300. The Balaban J connectivity index is 1.92. The van der Waals surface area contributed by atoms with Crippen LogP contribution in [0.4, 0.5) is 5.69 Å². The quantitative estimate of drug-likeness (QED) is 0.328. The number of phenolic OH excluding ortho intramolecular Hbond substituents is 3. The van der Waals surface area contributed by atoms with E-state index in [1.165, 1.54) is 32.9 Å². The number of hydrogen-bond donors (Lipinski definition) is 4. The third-order valence-corrected chi connectivity index (χ3v) is 5.94. The zero-order valence-corrected chi connectivity index (χ0v) is 17.9. The van der Waals surface area contributed by atoms with Crippen LogP contribution in [0.25, 0.3) is 0 Å². The average Bonchev–Trinajstić information content (AvgIpc) is 2.99. The third-order valence-electron chi connectivity index (χ3n) is 5.94. The maximum absolute atomic E-state index is 13.7. The molecule has 164 valence electrons. The molecular formula is C24H21NO7. The van der Waals surface area contributed by atoms with Crippen molar-refractivity contribution in [3.63, 3.8) is 0 Å². The molecule has 1 atom stereocenters. The number of allylic oxidation sites excluding steroid dienone is 4. The maximum Gasteiger partial charge on any atom is 0.194 e. The van der Waals surface area contributed by atoms with Gasteiger partial charge in [0.25, 0.3) is 0 Å². The molecule has 1 aliphatic carbocycles. The lowest BCUT2D eigenvalue weighted by atomic mass is 9.70. The van der Waals surface area contributed by atoms with E-state index >= 15 is 0 Å². The number of anilines is 1. The van der Waals surface area contributed by atoms with Crippen LogP contribution in [-0.4, -0.2) is 32.7 Å². The molecule has 2 aromatic rings. The molecule has 0 fully saturated rings. The molecule has 0 aromatic heterocycles. The highest BCUT2D eigenvalue weighted by molar-refractivity contribution is 6.31. The first kappa shape index (κ1) is 21.2. The number of rotatable bonds is 3. The summed E-state index contributed by atoms with van der Waals surface area (Å²) in [7, 11) is 0. The monoisotopic (exact) mass is 435 g/mol. The molecule has 0 radical (unpaired) electrons. The van der Waals surface area contributed by atoms with Gasteiger partial charge in [-0.05, 0) is 39.8 Å². The average molecular weight is 435 g/mol. The molecule has 0 bridgehead atoms. The van der Waals surface area contributed by atoms with Crippen LogP contribution in [-0.2, 0) is 15.0 Å². The number of fused-ring (bicyclic) bond motifs is 3. The van der Waals surface area contributed by atoms with Gasteiger partial charge in [-0.15, -0.1) is 0 Å². The van der Waals surface area contributed by atoms with Gasteiger partial charge in [-0.2, -0.15) is 0 Å². The number of Topliss-reactive ketones (excluding diaryl/α,β-unsaturated/α-hetero) is 2. The highest BCUT2D eigenvalue weighted by atomic mass is 16.5. The first-order chi connectivity index (χ1) is 15.0. The van der Waals surface area contributed by atoms with Crippen molar-refractivity contribution in [2.75, 3.05) is 5.32 Å². The minimum Gasteiger partial charge on any atom is -0.508 e. The van der Waals surface area contributed by atoms with Gasteiger partial charge in [-0.3, -0.25) is 14.4 Å². The molecule has 2 aromatic carbocycles. The zero-order valence-electron chi connectivity index (χ0n) is 17.9. The number of hydrogen-bond acceptors (Lipinski definition) is 8. The van der Waals surface area contributed by atoms with Gasteiger partial charge in [0, 0.05) is 29.1 Å². The lowest BCUT2D eigenvalue weighted by Crippen LogP contribution is -2.40. The molecule has 0 saturated heterocycles. The van der Waals surface area contributed by atoms with E-state index in [9.17, 15) is 29.7 Å². The fraction of sp³-hybridized carbons (Fsp3) is 0.208. The first-order valence-electron chi connectivity index (χ1n) is 9.84. The maximum atomic E-state index is 13.7. The molecule has 0 saturated carbocycles. The van der Waals surface area contributed by atoms with Crippen LogP contribution in [0.15, 0.2) is 47.4 Å². The summed E-state index contributed by atoms with van der Waals surface area (Å²) in [4.78, 5) is 38.8. The van der Waals surface area contributed by atoms with Crippen molar-refractivity contribution in [2.24, 2.45) is 0 Å². The summed E-state index contributed by atoms with van der Waals surface area (Å²) >= 11 is 0. The van der Waals surface area contributed by atoms with Crippen molar-refractivity contribution < 1.29 is 34.4 Å². The molecule has 1 heterocycles. The van der Waals surface area contributed by atoms with Gasteiger partial charge in [0.2, 0.25) is 0 Å². The van der Waals surface area contributed by atoms with Crippen LogP contribution in [0.2, 0.25) is 0 Å². The summed E-state index contributed by atoms with van der Waals surface area (Å²) < 4.78 is 5.73. The van der Waals surface area contributed by atoms with Crippen LogP contribution < -0.4 is 10.1 Å². The Morgan fingerprint density at radius 3 is 2.41 bits per heavy atom.